The first-order chi connectivity index (χ1) is 12.0. The Morgan fingerprint density at radius 1 is 1.24 bits per heavy atom. The fourth-order valence-electron chi connectivity index (χ4n) is 3.39. The molecular formula is C17H27N5O2S. The highest BCUT2D eigenvalue weighted by atomic mass is 32.2. The van der Waals surface area contributed by atoms with E-state index in [0.29, 0.717) is 29.3 Å². The van der Waals surface area contributed by atoms with Gasteiger partial charge in [0.15, 0.2) is 5.16 Å². The molecule has 3 rings (SSSR count). The number of nitrogens with one attached hydrogen (secondary N) is 1. The molecule has 0 bridgehead atoms. The maximum absolute atomic E-state index is 12.3. The maximum Gasteiger partial charge on any atom is 0.230 e. The molecule has 0 aliphatic heterocycles. The van der Waals surface area contributed by atoms with Crippen LogP contribution < -0.4 is 11.1 Å². The Kier molecular flexibility index (Phi) is 5.98. The summed E-state index contributed by atoms with van der Waals surface area (Å²) in [5, 5.41) is 12.4. The third-order valence-electron chi connectivity index (χ3n) is 5.06. The molecule has 0 aromatic carbocycles. The Morgan fingerprint density at radius 3 is 2.68 bits per heavy atom. The third-order valence-corrected chi connectivity index (χ3v) is 6.03. The van der Waals surface area contributed by atoms with Crippen molar-refractivity contribution in [1.82, 2.24) is 20.1 Å². The van der Waals surface area contributed by atoms with E-state index in [4.69, 9.17) is 5.73 Å². The molecule has 0 saturated heterocycles. The van der Waals surface area contributed by atoms with E-state index < -0.39 is 0 Å². The SMILES string of the molecule is C[C@@H]1CCCC[C@H]1NC(=O)CSc1nnc(C2CC2)n1CCC(N)=O. The average Bonchev–Trinajstić information content (AvgIpc) is 3.34. The molecular weight excluding hydrogens is 338 g/mol. The summed E-state index contributed by atoms with van der Waals surface area (Å²) in [4.78, 5) is 23.4. The average molecular weight is 366 g/mol. The molecule has 0 radical (unpaired) electrons. The number of hydrogen-bond donors (Lipinski definition) is 2. The molecule has 1 heterocycles. The molecule has 2 aliphatic carbocycles. The van der Waals surface area contributed by atoms with Gasteiger partial charge in [0.2, 0.25) is 11.8 Å². The summed E-state index contributed by atoms with van der Waals surface area (Å²) >= 11 is 1.39. The van der Waals surface area contributed by atoms with Crippen molar-refractivity contribution in [2.75, 3.05) is 5.75 Å². The van der Waals surface area contributed by atoms with Crippen molar-refractivity contribution in [2.24, 2.45) is 11.7 Å². The Morgan fingerprint density at radius 2 is 2.00 bits per heavy atom. The number of nitrogens with two attached hydrogens (primary N) is 1. The van der Waals surface area contributed by atoms with Gasteiger partial charge in [0, 0.05) is 24.9 Å². The normalized spacial score (nSPS) is 23.4. The summed E-state index contributed by atoms with van der Waals surface area (Å²) < 4.78 is 1.96. The van der Waals surface area contributed by atoms with Crippen LogP contribution in [-0.4, -0.2) is 38.4 Å². The molecule has 8 heteroatoms. The number of thioether (sulfide) groups is 1. The van der Waals surface area contributed by atoms with E-state index in [1.165, 1.54) is 31.0 Å². The number of primary amides is 1. The Labute approximate surface area is 152 Å². The first-order valence-electron chi connectivity index (χ1n) is 9.18. The van der Waals surface area contributed by atoms with E-state index in [9.17, 15) is 9.59 Å². The summed E-state index contributed by atoms with van der Waals surface area (Å²) in [5.74, 6) is 1.93. The number of carbonyl (C=O) groups excluding carboxylic acids is 2. The Bertz CT molecular complexity index is 629. The van der Waals surface area contributed by atoms with Crippen LogP contribution in [0.25, 0.3) is 0 Å². The van der Waals surface area contributed by atoms with Gasteiger partial charge in [-0.3, -0.25) is 9.59 Å². The van der Waals surface area contributed by atoms with Crippen molar-refractivity contribution < 1.29 is 9.59 Å². The topological polar surface area (TPSA) is 103 Å². The lowest BCUT2D eigenvalue weighted by Crippen LogP contribution is -2.41. The van der Waals surface area contributed by atoms with Crippen LogP contribution in [0.4, 0.5) is 0 Å². The van der Waals surface area contributed by atoms with Gasteiger partial charge < -0.3 is 15.6 Å². The van der Waals surface area contributed by atoms with Crippen LogP contribution in [-0.2, 0) is 16.1 Å². The Balaban J connectivity index is 1.56. The molecule has 138 valence electrons. The fourth-order valence-corrected chi connectivity index (χ4v) is 4.17. The highest BCUT2D eigenvalue weighted by Gasteiger charge is 2.30. The molecule has 0 spiro atoms. The van der Waals surface area contributed by atoms with Crippen LogP contribution in [0.15, 0.2) is 5.16 Å². The van der Waals surface area contributed by atoms with E-state index in [0.717, 1.165) is 25.1 Å². The number of rotatable bonds is 8. The molecule has 1 aromatic rings. The summed E-state index contributed by atoms with van der Waals surface area (Å²) in [5.41, 5.74) is 5.28. The zero-order valence-corrected chi connectivity index (χ0v) is 15.6. The van der Waals surface area contributed by atoms with Gasteiger partial charge in [0.25, 0.3) is 0 Å². The minimum absolute atomic E-state index is 0.0428. The minimum atomic E-state index is -0.338. The molecule has 2 aliphatic rings. The molecule has 2 atom stereocenters. The molecule has 0 unspecified atom stereocenters. The van der Waals surface area contributed by atoms with E-state index in [-0.39, 0.29) is 24.3 Å². The van der Waals surface area contributed by atoms with E-state index in [1.807, 2.05) is 4.57 Å². The molecule has 7 nitrogen and oxygen atoms in total. The fraction of sp³-hybridized carbons (Fsp3) is 0.765. The zero-order valence-electron chi connectivity index (χ0n) is 14.7. The quantitative estimate of drug-likeness (QED) is 0.684. The summed E-state index contributed by atoms with van der Waals surface area (Å²) in [6.07, 6.45) is 7.18. The number of nitrogens with zero attached hydrogens (tertiary/aromatic N) is 3. The van der Waals surface area contributed by atoms with Crippen molar-refractivity contribution in [3.05, 3.63) is 5.82 Å². The number of carbonyl (C=O) groups is 2. The Hall–Kier alpha value is -1.57. The largest absolute Gasteiger partial charge is 0.370 e. The highest BCUT2D eigenvalue weighted by molar-refractivity contribution is 7.99. The van der Waals surface area contributed by atoms with Crippen molar-refractivity contribution in [2.45, 2.75) is 75.5 Å². The zero-order chi connectivity index (χ0) is 17.8. The van der Waals surface area contributed by atoms with Crippen LogP contribution in [0, 0.1) is 5.92 Å². The van der Waals surface area contributed by atoms with Crippen molar-refractivity contribution in [1.29, 1.82) is 0 Å². The molecule has 2 amide bonds. The van der Waals surface area contributed by atoms with Crippen molar-refractivity contribution in [3.63, 3.8) is 0 Å². The third kappa shape index (κ3) is 4.96. The number of aromatic nitrogens is 3. The number of amides is 2. The van der Waals surface area contributed by atoms with Gasteiger partial charge in [-0.25, -0.2) is 0 Å². The second-order valence-corrected chi connectivity index (χ2v) is 8.15. The van der Waals surface area contributed by atoms with Crippen LogP contribution in [0.3, 0.4) is 0 Å². The van der Waals surface area contributed by atoms with Crippen LogP contribution >= 0.6 is 11.8 Å². The summed E-state index contributed by atoms with van der Waals surface area (Å²) in [7, 11) is 0. The van der Waals surface area contributed by atoms with Crippen LogP contribution in [0.5, 0.6) is 0 Å². The summed E-state index contributed by atoms with van der Waals surface area (Å²) in [6, 6.07) is 0.289. The van der Waals surface area contributed by atoms with Gasteiger partial charge >= 0.3 is 0 Å². The molecule has 2 saturated carbocycles. The second kappa shape index (κ2) is 8.21. The van der Waals surface area contributed by atoms with Gasteiger partial charge in [-0.05, 0) is 31.6 Å². The first kappa shape index (κ1) is 18.2. The maximum atomic E-state index is 12.3. The predicted molar refractivity (Wildman–Crippen MR) is 96.1 cm³/mol. The minimum Gasteiger partial charge on any atom is -0.370 e. The smallest absolute Gasteiger partial charge is 0.230 e. The van der Waals surface area contributed by atoms with E-state index in [2.05, 4.69) is 22.4 Å². The second-order valence-electron chi connectivity index (χ2n) is 7.21. The monoisotopic (exact) mass is 365 g/mol. The molecule has 1 aromatic heterocycles. The molecule has 2 fully saturated rings. The summed E-state index contributed by atoms with van der Waals surface area (Å²) in [6.45, 7) is 2.69. The van der Waals surface area contributed by atoms with Crippen molar-refractivity contribution >= 4 is 23.6 Å². The first-order valence-corrected chi connectivity index (χ1v) is 10.2. The standard InChI is InChI=1S/C17H27N5O2S/c1-11-4-2-3-5-13(11)19-15(24)10-25-17-21-20-16(12-6-7-12)22(17)9-8-14(18)23/h11-13H,2-10H2,1H3,(H2,18,23)(H,19,24)/t11-,13-/m1/s1. The molecule has 3 N–H and O–H groups in total. The number of hydrogen-bond acceptors (Lipinski definition) is 5. The van der Waals surface area contributed by atoms with Crippen LogP contribution in [0.1, 0.15) is 63.6 Å². The van der Waals surface area contributed by atoms with Gasteiger partial charge in [0.05, 0.1) is 5.75 Å². The van der Waals surface area contributed by atoms with E-state index in [1.54, 1.807) is 0 Å². The van der Waals surface area contributed by atoms with Crippen molar-refractivity contribution in [3.8, 4) is 0 Å². The lowest BCUT2D eigenvalue weighted by Gasteiger charge is -2.29. The predicted octanol–water partition coefficient (Wildman–Crippen LogP) is 1.82. The highest BCUT2D eigenvalue weighted by Crippen LogP contribution is 2.40. The lowest BCUT2D eigenvalue weighted by molar-refractivity contribution is -0.120. The van der Waals surface area contributed by atoms with Gasteiger partial charge in [-0.1, -0.05) is 31.5 Å². The van der Waals surface area contributed by atoms with E-state index >= 15 is 0 Å². The lowest BCUT2D eigenvalue weighted by atomic mass is 9.86. The van der Waals surface area contributed by atoms with Gasteiger partial charge in [-0.15, -0.1) is 10.2 Å². The molecule has 25 heavy (non-hydrogen) atoms. The van der Waals surface area contributed by atoms with Crippen LogP contribution in [0.2, 0.25) is 0 Å². The van der Waals surface area contributed by atoms with Gasteiger partial charge in [0.1, 0.15) is 5.82 Å². The van der Waals surface area contributed by atoms with Gasteiger partial charge in [-0.2, -0.15) is 0 Å².